The van der Waals surface area contributed by atoms with E-state index in [1.54, 1.807) is 11.8 Å². The van der Waals surface area contributed by atoms with Crippen molar-refractivity contribution in [2.75, 3.05) is 5.32 Å². The summed E-state index contributed by atoms with van der Waals surface area (Å²) in [5.41, 5.74) is 4.63. The number of pyridine rings is 1. The van der Waals surface area contributed by atoms with Gasteiger partial charge in [-0.3, -0.25) is 4.98 Å². The molecule has 21 heavy (non-hydrogen) atoms. The SMILES string of the molecule is Clc1nc(NC2CCC3=C(C=CC3)C2)c2ncccc2n1. The van der Waals surface area contributed by atoms with Crippen molar-refractivity contribution in [2.24, 2.45) is 0 Å². The van der Waals surface area contributed by atoms with E-state index in [0.29, 0.717) is 6.04 Å². The summed E-state index contributed by atoms with van der Waals surface area (Å²) in [6.07, 6.45) is 10.7. The molecule has 2 aliphatic carbocycles. The second-order valence-electron chi connectivity index (χ2n) is 5.53. The molecule has 0 fully saturated rings. The molecule has 0 saturated heterocycles. The lowest BCUT2D eigenvalue weighted by Gasteiger charge is -2.25. The number of nitrogens with zero attached hydrogens (tertiary/aromatic N) is 3. The lowest BCUT2D eigenvalue weighted by molar-refractivity contribution is 0.608. The van der Waals surface area contributed by atoms with Gasteiger partial charge in [0.05, 0.1) is 5.52 Å². The van der Waals surface area contributed by atoms with E-state index < -0.39 is 0 Å². The molecule has 0 amide bonds. The van der Waals surface area contributed by atoms with Gasteiger partial charge in [0.25, 0.3) is 0 Å². The topological polar surface area (TPSA) is 50.7 Å². The molecule has 4 nitrogen and oxygen atoms in total. The number of hydrogen-bond donors (Lipinski definition) is 1. The van der Waals surface area contributed by atoms with Gasteiger partial charge < -0.3 is 5.32 Å². The molecule has 0 radical (unpaired) electrons. The van der Waals surface area contributed by atoms with Gasteiger partial charge in [-0.1, -0.05) is 17.7 Å². The van der Waals surface area contributed by atoms with Crippen molar-refractivity contribution in [2.45, 2.75) is 31.7 Å². The number of hydrogen-bond acceptors (Lipinski definition) is 4. The zero-order valence-electron chi connectivity index (χ0n) is 11.5. The van der Waals surface area contributed by atoms with Gasteiger partial charge >= 0.3 is 0 Å². The Balaban J connectivity index is 1.64. The monoisotopic (exact) mass is 298 g/mol. The first-order valence-electron chi connectivity index (χ1n) is 7.22. The average molecular weight is 299 g/mol. The molecule has 4 rings (SSSR count). The number of fused-ring (bicyclic) bond motifs is 1. The van der Waals surface area contributed by atoms with Crippen LogP contribution in [0.4, 0.5) is 5.82 Å². The normalized spacial score (nSPS) is 20.9. The fourth-order valence-corrected chi connectivity index (χ4v) is 3.32. The third-order valence-corrected chi connectivity index (χ3v) is 4.34. The van der Waals surface area contributed by atoms with Gasteiger partial charge in [-0.05, 0) is 55.0 Å². The van der Waals surface area contributed by atoms with Crippen LogP contribution < -0.4 is 5.32 Å². The predicted octanol–water partition coefficient (Wildman–Crippen LogP) is 3.90. The minimum atomic E-state index is 0.259. The van der Waals surface area contributed by atoms with E-state index in [0.717, 1.165) is 42.5 Å². The minimum Gasteiger partial charge on any atom is -0.365 e. The molecule has 0 aliphatic heterocycles. The van der Waals surface area contributed by atoms with E-state index in [1.165, 1.54) is 5.57 Å². The molecule has 2 aromatic rings. The molecule has 106 valence electrons. The number of rotatable bonds is 2. The summed E-state index contributed by atoms with van der Waals surface area (Å²) in [5.74, 6) is 0.738. The predicted molar refractivity (Wildman–Crippen MR) is 84.4 cm³/mol. The van der Waals surface area contributed by atoms with Gasteiger partial charge in [-0.15, -0.1) is 0 Å². The minimum absolute atomic E-state index is 0.259. The van der Waals surface area contributed by atoms with Gasteiger partial charge in [0, 0.05) is 12.2 Å². The van der Waals surface area contributed by atoms with Crippen molar-refractivity contribution < 1.29 is 0 Å². The quantitative estimate of drug-likeness (QED) is 0.854. The largest absolute Gasteiger partial charge is 0.365 e. The van der Waals surface area contributed by atoms with Gasteiger partial charge in [-0.2, -0.15) is 4.98 Å². The second kappa shape index (κ2) is 5.11. The van der Waals surface area contributed by atoms with Crippen LogP contribution in [0.25, 0.3) is 11.0 Å². The Morgan fingerprint density at radius 3 is 3.19 bits per heavy atom. The fraction of sp³-hybridized carbons (Fsp3) is 0.312. The van der Waals surface area contributed by atoms with Crippen LogP contribution >= 0.6 is 11.6 Å². The maximum atomic E-state index is 6.02. The Kier molecular flexibility index (Phi) is 3.11. The van der Waals surface area contributed by atoms with Crippen molar-refractivity contribution in [3.05, 3.63) is 46.9 Å². The van der Waals surface area contributed by atoms with Crippen LogP contribution in [0.3, 0.4) is 0 Å². The zero-order valence-corrected chi connectivity index (χ0v) is 12.3. The molecule has 2 heterocycles. The highest BCUT2D eigenvalue weighted by Crippen LogP contribution is 2.34. The summed E-state index contributed by atoms with van der Waals surface area (Å²) in [6, 6.07) is 4.14. The molecule has 1 unspecified atom stereocenters. The van der Waals surface area contributed by atoms with Crippen LogP contribution in [-0.2, 0) is 0 Å². The van der Waals surface area contributed by atoms with E-state index in [9.17, 15) is 0 Å². The first-order valence-corrected chi connectivity index (χ1v) is 7.59. The standard InChI is InChI=1S/C16H15ClN4/c17-16-20-13-5-2-8-18-14(13)15(21-16)19-12-7-6-10-3-1-4-11(10)9-12/h1-2,4-5,8,12H,3,6-7,9H2,(H,19,20,21). The van der Waals surface area contributed by atoms with Crippen LogP contribution in [0.15, 0.2) is 41.6 Å². The molecule has 2 aliphatic rings. The van der Waals surface area contributed by atoms with Crippen molar-refractivity contribution in [1.29, 1.82) is 0 Å². The molecule has 5 heteroatoms. The van der Waals surface area contributed by atoms with Crippen LogP contribution in [0.5, 0.6) is 0 Å². The molecule has 2 aromatic heterocycles. The first kappa shape index (κ1) is 12.8. The summed E-state index contributed by atoms with van der Waals surface area (Å²) < 4.78 is 0. The van der Waals surface area contributed by atoms with Gasteiger partial charge in [-0.25, -0.2) is 4.98 Å². The Morgan fingerprint density at radius 1 is 1.29 bits per heavy atom. The molecule has 1 atom stereocenters. The van der Waals surface area contributed by atoms with Crippen molar-refractivity contribution in [3.8, 4) is 0 Å². The van der Waals surface area contributed by atoms with Crippen molar-refractivity contribution in [1.82, 2.24) is 15.0 Å². The molecular formula is C16H15ClN4. The Hall–Kier alpha value is -1.94. The maximum Gasteiger partial charge on any atom is 0.225 e. The Labute approximate surface area is 128 Å². The summed E-state index contributed by atoms with van der Waals surface area (Å²) in [4.78, 5) is 12.9. The van der Waals surface area contributed by atoms with Gasteiger partial charge in [0.2, 0.25) is 5.28 Å². The Bertz CT molecular complexity index is 766. The van der Waals surface area contributed by atoms with E-state index in [2.05, 4.69) is 32.4 Å². The van der Waals surface area contributed by atoms with E-state index in [4.69, 9.17) is 11.6 Å². The maximum absolute atomic E-state index is 6.02. The number of nitrogens with one attached hydrogen (secondary N) is 1. The van der Waals surface area contributed by atoms with E-state index in [-0.39, 0.29) is 5.28 Å². The molecule has 1 N–H and O–H groups in total. The number of anilines is 1. The van der Waals surface area contributed by atoms with Crippen LogP contribution in [0.1, 0.15) is 25.7 Å². The molecular weight excluding hydrogens is 284 g/mol. The molecule has 0 saturated carbocycles. The van der Waals surface area contributed by atoms with Crippen LogP contribution in [0, 0.1) is 0 Å². The third-order valence-electron chi connectivity index (χ3n) is 4.17. The lowest BCUT2D eigenvalue weighted by atomic mass is 9.90. The van der Waals surface area contributed by atoms with Crippen molar-refractivity contribution in [3.63, 3.8) is 0 Å². The number of allylic oxidation sites excluding steroid dienone is 3. The van der Waals surface area contributed by atoms with E-state index >= 15 is 0 Å². The molecule has 0 spiro atoms. The third kappa shape index (κ3) is 2.40. The smallest absolute Gasteiger partial charge is 0.225 e. The fourth-order valence-electron chi connectivity index (χ4n) is 3.14. The Morgan fingerprint density at radius 2 is 2.24 bits per heavy atom. The summed E-state index contributed by atoms with van der Waals surface area (Å²) in [5, 5.41) is 3.77. The van der Waals surface area contributed by atoms with Gasteiger partial charge in [0.15, 0.2) is 5.82 Å². The summed E-state index contributed by atoms with van der Waals surface area (Å²) >= 11 is 6.02. The number of aromatic nitrogens is 3. The van der Waals surface area contributed by atoms with Gasteiger partial charge in [0.1, 0.15) is 5.52 Å². The lowest BCUT2D eigenvalue weighted by Crippen LogP contribution is -2.24. The molecule has 0 bridgehead atoms. The van der Waals surface area contributed by atoms with Crippen LogP contribution in [-0.4, -0.2) is 21.0 Å². The van der Waals surface area contributed by atoms with E-state index in [1.807, 2.05) is 12.1 Å². The summed E-state index contributed by atoms with van der Waals surface area (Å²) in [7, 11) is 0. The second-order valence-corrected chi connectivity index (χ2v) is 5.87. The number of halogens is 1. The average Bonchev–Trinajstić information content (AvgIpc) is 2.94. The summed E-state index contributed by atoms with van der Waals surface area (Å²) in [6.45, 7) is 0. The molecule has 0 aromatic carbocycles. The highest BCUT2D eigenvalue weighted by Gasteiger charge is 2.22. The highest BCUT2D eigenvalue weighted by molar-refractivity contribution is 6.28. The zero-order chi connectivity index (χ0) is 14.2. The van der Waals surface area contributed by atoms with Crippen LogP contribution in [0.2, 0.25) is 5.28 Å². The van der Waals surface area contributed by atoms with Crippen molar-refractivity contribution >= 4 is 28.5 Å². The first-order chi connectivity index (χ1) is 10.3. The highest BCUT2D eigenvalue weighted by atomic mass is 35.5.